The van der Waals surface area contributed by atoms with Crippen molar-refractivity contribution in [3.8, 4) is 11.1 Å². The average Bonchev–Trinajstić information content (AvgIpc) is 3.19. The van der Waals surface area contributed by atoms with E-state index in [1.54, 1.807) is 0 Å². The second-order valence-corrected chi connectivity index (χ2v) is 8.17. The molecule has 0 radical (unpaired) electrons. The third-order valence-electron chi connectivity index (χ3n) is 6.34. The summed E-state index contributed by atoms with van der Waals surface area (Å²) < 4.78 is 7.37. The second-order valence-electron chi connectivity index (χ2n) is 8.17. The first-order chi connectivity index (χ1) is 14.8. The van der Waals surface area contributed by atoms with Gasteiger partial charge in [-0.25, -0.2) is 9.50 Å². The van der Waals surface area contributed by atoms with Crippen molar-refractivity contribution >= 4 is 22.4 Å². The Bertz CT molecular complexity index is 1190. The monoisotopic (exact) mass is 400 g/mol. The van der Waals surface area contributed by atoms with Crippen LogP contribution in [0.5, 0.6) is 0 Å². The Morgan fingerprint density at radius 3 is 2.83 bits per heavy atom. The number of anilines is 1. The second kappa shape index (κ2) is 7.34. The fourth-order valence-electron chi connectivity index (χ4n) is 4.58. The lowest BCUT2D eigenvalue weighted by Crippen LogP contribution is -2.53. The van der Waals surface area contributed by atoms with Crippen molar-refractivity contribution < 1.29 is 4.74 Å². The van der Waals surface area contributed by atoms with Crippen LogP contribution in [0.3, 0.4) is 0 Å². The van der Waals surface area contributed by atoms with Gasteiger partial charge in [0.15, 0.2) is 0 Å². The Labute approximate surface area is 174 Å². The van der Waals surface area contributed by atoms with E-state index in [1.165, 1.54) is 0 Å². The van der Waals surface area contributed by atoms with Crippen molar-refractivity contribution in [1.82, 2.24) is 24.5 Å². The number of hydrogen-bond acceptors (Lipinski definition) is 6. The highest BCUT2D eigenvalue weighted by atomic mass is 16.5. The molecule has 2 aliphatic rings. The molecule has 1 aliphatic carbocycles. The van der Waals surface area contributed by atoms with Crippen molar-refractivity contribution in [2.24, 2.45) is 0 Å². The molecule has 0 bridgehead atoms. The van der Waals surface area contributed by atoms with Crippen LogP contribution >= 0.6 is 0 Å². The fraction of sp³-hybridized carbons (Fsp3) is 0.348. The summed E-state index contributed by atoms with van der Waals surface area (Å²) in [5.74, 6) is 0.692. The molecule has 1 N–H and O–H groups in total. The summed E-state index contributed by atoms with van der Waals surface area (Å²) in [7, 11) is 0. The average molecular weight is 400 g/mol. The number of nitrogens with one attached hydrogen (secondary N) is 1. The van der Waals surface area contributed by atoms with Crippen LogP contribution in [0.2, 0.25) is 0 Å². The summed E-state index contributed by atoms with van der Waals surface area (Å²) in [6, 6.07) is 13.6. The molecule has 0 atom stereocenters. The molecule has 1 aliphatic heterocycles. The molecule has 1 saturated carbocycles. The Morgan fingerprint density at radius 1 is 1.03 bits per heavy atom. The highest BCUT2D eigenvalue weighted by molar-refractivity contribution is 5.88. The van der Waals surface area contributed by atoms with E-state index in [9.17, 15) is 0 Å². The van der Waals surface area contributed by atoms with Gasteiger partial charge < -0.3 is 10.1 Å². The molecule has 2 fully saturated rings. The quantitative estimate of drug-likeness (QED) is 0.567. The van der Waals surface area contributed by atoms with Gasteiger partial charge in [-0.2, -0.15) is 0 Å². The Hall–Kier alpha value is -3.03. The van der Waals surface area contributed by atoms with Crippen LogP contribution in [-0.2, 0) is 4.74 Å². The molecule has 4 aromatic rings. The van der Waals surface area contributed by atoms with Gasteiger partial charge in [0.05, 0.1) is 30.4 Å². The Morgan fingerprint density at radius 2 is 1.93 bits per heavy atom. The molecule has 30 heavy (non-hydrogen) atoms. The van der Waals surface area contributed by atoms with Crippen molar-refractivity contribution in [1.29, 1.82) is 0 Å². The lowest BCUT2D eigenvalue weighted by atomic mass is 9.85. The summed E-state index contributed by atoms with van der Waals surface area (Å²) in [6.07, 6.45) is 8.02. The molecule has 1 saturated heterocycles. The molecule has 3 aromatic heterocycles. The van der Waals surface area contributed by atoms with Crippen molar-refractivity contribution in [2.45, 2.75) is 24.9 Å². The molecular weight excluding hydrogens is 376 g/mol. The molecule has 7 nitrogen and oxygen atoms in total. The van der Waals surface area contributed by atoms with Crippen LogP contribution in [0.25, 0.3) is 27.5 Å². The lowest BCUT2D eigenvalue weighted by Gasteiger charge is -2.44. The topological polar surface area (TPSA) is 67.6 Å². The van der Waals surface area contributed by atoms with Crippen LogP contribution in [0.4, 0.5) is 5.95 Å². The SMILES string of the molecule is c1cnc2ccc(-c3ccn4nc(N[C@H]5C[C@@H](N6CCOCC6)C5)ncc34)cc2c1. The molecular formula is C23H24N6O. The predicted molar refractivity (Wildman–Crippen MR) is 117 cm³/mol. The van der Waals surface area contributed by atoms with Gasteiger partial charge in [-0.1, -0.05) is 12.1 Å². The third-order valence-corrected chi connectivity index (χ3v) is 6.34. The minimum absolute atomic E-state index is 0.443. The van der Waals surface area contributed by atoms with Crippen LogP contribution in [0.15, 0.2) is 55.0 Å². The maximum absolute atomic E-state index is 5.45. The first-order valence-corrected chi connectivity index (χ1v) is 10.6. The third kappa shape index (κ3) is 3.20. The Kier molecular flexibility index (Phi) is 4.35. The Balaban J connectivity index is 1.18. The zero-order chi connectivity index (χ0) is 19.9. The van der Waals surface area contributed by atoms with E-state index in [1.807, 2.05) is 29.2 Å². The van der Waals surface area contributed by atoms with E-state index in [4.69, 9.17) is 9.84 Å². The van der Waals surface area contributed by atoms with E-state index in [-0.39, 0.29) is 0 Å². The van der Waals surface area contributed by atoms with Gasteiger partial charge in [0, 0.05) is 48.5 Å². The molecule has 0 amide bonds. The smallest absolute Gasteiger partial charge is 0.241 e. The van der Waals surface area contributed by atoms with Gasteiger partial charge in [0.2, 0.25) is 5.95 Å². The number of pyridine rings is 1. The van der Waals surface area contributed by atoms with Crippen molar-refractivity contribution in [2.75, 3.05) is 31.6 Å². The van der Waals surface area contributed by atoms with Gasteiger partial charge in [0.1, 0.15) is 0 Å². The fourth-order valence-corrected chi connectivity index (χ4v) is 4.58. The van der Waals surface area contributed by atoms with E-state index in [0.29, 0.717) is 18.0 Å². The molecule has 7 heteroatoms. The van der Waals surface area contributed by atoms with Crippen molar-refractivity contribution in [3.63, 3.8) is 0 Å². The normalized spacial score (nSPS) is 22.3. The number of aromatic nitrogens is 4. The first-order valence-electron chi connectivity index (χ1n) is 10.6. The van der Waals surface area contributed by atoms with Crippen LogP contribution in [0, 0.1) is 0 Å². The number of hydrogen-bond donors (Lipinski definition) is 1. The molecule has 6 rings (SSSR count). The number of ether oxygens (including phenoxy) is 1. The maximum Gasteiger partial charge on any atom is 0.241 e. The summed E-state index contributed by atoms with van der Waals surface area (Å²) >= 11 is 0. The van der Waals surface area contributed by atoms with Gasteiger partial charge in [-0.05, 0) is 42.7 Å². The molecule has 152 valence electrons. The van der Waals surface area contributed by atoms with Crippen LogP contribution in [-0.4, -0.2) is 62.9 Å². The summed E-state index contributed by atoms with van der Waals surface area (Å²) in [6.45, 7) is 3.82. The summed E-state index contributed by atoms with van der Waals surface area (Å²) in [5.41, 5.74) is 4.28. The number of rotatable bonds is 4. The molecule has 0 spiro atoms. The maximum atomic E-state index is 5.45. The highest BCUT2D eigenvalue weighted by Gasteiger charge is 2.34. The van der Waals surface area contributed by atoms with E-state index < -0.39 is 0 Å². The summed E-state index contributed by atoms with van der Waals surface area (Å²) in [5, 5.41) is 9.33. The summed E-state index contributed by atoms with van der Waals surface area (Å²) in [4.78, 5) is 11.5. The minimum Gasteiger partial charge on any atom is -0.379 e. The standard InChI is InChI=1S/C23H24N6O/c1-2-17-12-16(3-4-21(17)24-6-1)20-5-7-29-22(20)15-25-23(27-29)26-18-13-19(14-18)28-8-10-30-11-9-28/h1-7,12,15,18-19H,8-11,13-14H2,(H,26,27)/t18-,19+. The van der Waals surface area contributed by atoms with Gasteiger partial charge >= 0.3 is 0 Å². The van der Waals surface area contributed by atoms with E-state index in [0.717, 1.165) is 66.7 Å². The predicted octanol–water partition coefficient (Wildman–Crippen LogP) is 3.22. The number of benzene rings is 1. The number of morpholine rings is 1. The van der Waals surface area contributed by atoms with Gasteiger partial charge in [-0.15, -0.1) is 5.10 Å². The highest BCUT2D eigenvalue weighted by Crippen LogP contribution is 2.30. The van der Waals surface area contributed by atoms with Crippen LogP contribution in [0.1, 0.15) is 12.8 Å². The van der Waals surface area contributed by atoms with Gasteiger partial charge in [0.25, 0.3) is 0 Å². The largest absolute Gasteiger partial charge is 0.379 e. The van der Waals surface area contributed by atoms with E-state index >= 15 is 0 Å². The molecule has 4 heterocycles. The molecule has 0 unspecified atom stereocenters. The van der Waals surface area contributed by atoms with E-state index in [2.05, 4.69) is 50.5 Å². The zero-order valence-electron chi connectivity index (χ0n) is 16.7. The number of nitrogens with zero attached hydrogens (tertiary/aromatic N) is 5. The van der Waals surface area contributed by atoms with Crippen LogP contribution < -0.4 is 5.32 Å². The molecule has 1 aromatic carbocycles. The minimum atomic E-state index is 0.443. The zero-order valence-corrected chi connectivity index (χ0v) is 16.7. The lowest BCUT2D eigenvalue weighted by molar-refractivity contribution is -0.00443. The van der Waals surface area contributed by atoms with Gasteiger partial charge in [-0.3, -0.25) is 9.88 Å². The first kappa shape index (κ1) is 17.8. The van der Waals surface area contributed by atoms with Crippen molar-refractivity contribution in [3.05, 3.63) is 55.0 Å². The number of fused-ring (bicyclic) bond motifs is 2.